The highest BCUT2D eigenvalue weighted by Crippen LogP contribution is 2.31. The Labute approximate surface area is 153 Å². The van der Waals surface area contributed by atoms with Gasteiger partial charge in [-0.3, -0.25) is 9.59 Å². The molecule has 1 aliphatic carbocycles. The van der Waals surface area contributed by atoms with Gasteiger partial charge in [0.1, 0.15) is 6.61 Å². The maximum atomic E-state index is 12.8. The molecule has 4 rings (SSSR count). The first-order valence-corrected chi connectivity index (χ1v) is 9.44. The van der Waals surface area contributed by atoms with Gasteiger partial charge in [0.15, 0.2) is 17.5 Å². The van der Waals surface area contributed by atoms with Gasteiger partial charge >= 0.3 is 0 Å². The van der Waals surface area contributed by atoms with E-state index in [9.17, 15) is 9.59 Å². The summed E-state index contributed by atoms with van der Waals surface area (Å²) in [6, 6.07) is 7.72. The SMILES string of the molecule is C[C@H](C(=O)NC1CC1)[NH+]1CCN(C(=O)[C@@H]2COc3ccccc3O2)CC1. The van der Waals surface area contributed by atoms with Crippen molar-refractivity contribution in [1.82, 2.24) is 10.2 Å². The third-order valence-corrected chi connectivity index (χ3v) is 5.43. The van der Waals surface area contributed by atoms with E-state index in [-0.39, 0.29) is 24.5 Å². The molecule has 1 aromatic rings. The van der Waals surface area contributed by atoms with E-state index in [1.807, 2.05) is 36.1 Å². The lowest BCUT2D eigenvalue weighted by molar-refractivity contribution is -0.918. The molecular weight excluding hydrogens is 334 g/mol. The Hall–Kier alpha value is -2.28. The third-order valence-electron chi connectivity index (χ3n) is 5.43. The van der Waals surface area contributed by atoms with Crippen molar-refractivity contribution in [1.29, 1.82) is 0 Å². The highest BCUT2D eigenvalue weighted by Gasteiger charge is 2.36. The molecule has 2 aliphatic heterocycles. The quantitative estimate of drug-likeness (QED) is 0.739. The summed E-state index contributed by atoms with van der Waals surface area (Å²) < 4.78 is 11.5. The van der Waals surface area contributed by atoms with Gasteiger partial charge in [-0.1, -0.05) is 12.1 Å². The van der Waals surface area contributed by atoms with Gasteiger partial charge in [0.2, 0.25) is 6.10 Å². The van der Waals surface area contributed by atoms with Crippen LogP contribution in [-0.4, -0.2) is 67.7 Å². The second kappa shape index (κ2) is 7.15. The first-order valence-electron chi connectivity index (χ1n) is 9.44. The van der Waals surface area contributed by atoms with E-state index in [0.29, 0.717) is 30.6 Å². The number of amides is 2. The van der Waals surface area contributed by atoms with Crippen LogP contribution in [0.15, 0.2) is 24.3 Å². The minimum atomic E-state index is -0.595. The molecule has 0 radical (unpaired) electrons. The van der Waals surface area contributed by atoms with Crippen LogP contribution < -0.4 is 19.7 Å². The summed E-state index contributed by atoms with van der Waals surface area (Å²) in [7, 11) is 0. The Morgan fingerprint density at radius 1 is 1.19 bits per heavy atom. The molecule has 2 N–H and O–H groups in total. The van der Waals surface area contributed by atoms with Crippen LogP contribution in [0.1, 0.15) is 19.8 Å². The van der Waals surface area contributed by atoms with Gasteiger partial charge in [0, 0.05) is 6.04 Å². The number of para-hydroxylation sites is 2. The normalized spacial score (nSPS) is 24.0. The van der Waals surface area contributed by atoms with Crippen molar-refractivity contribution in [2.75, 3.05) is 32.8 Å². The van der Waals surface area contributed by atoms with Gasteiger partial charge < -0.3 is 24.6 Å². The fourth-order valence-corrected chi connectivity index (χ4v) is 3.53. The minimum absolute atomic E-state index is 0.0337. The average molecular weight is 360 g/mol. The molecule has 0 bridgehead atoms. The maximum absolute atomic E-state index is 12.8. The summed E-state index contributed by atoms with van der Waals surface area (Å²) in [4.78, 5) is 28.0. The molecule has 1 saturated heterocycles. The molecule has 3 aliphatic rings. The molecule has 7 nitrogen and oxygen atoms in total. The third kappa shape index (κ3) is 3.62. The van der Waals surface area contributed by atoms with Gasteiger partial charge in [0.25, 0.3) is 11.8 Å². The van der Waals surface area contributed by atoms with Crippen molar-refractivity contribution >= 4 is 11.8 Å². The van der Waals surface area contributed by atoms with E-state index in [1.165, 1.54) is 4.90 Å². The zero-order chi connectivity index (χ0) is 18.1. The minimum Gasteiger partial charge on any atom is -0.485 e. The Balaban J connectivity index is 1.29. The Kier molecular flexibility index (Phi) is 4.72. The number of nitrogens with one attached hydrogen (secondary N) is 2. The Morgan fingerprint density at radius 3 is 2.58 bits per heavy atom. The first kappa shape index (κ1) is 17.1. The largest absolute Gasteiger partial charge is 0.485 e. The van der Waals surface area contributed by atoms with Crippen LogP contribution in [0.4, 0.5) is 0 Å². The van der Waals surface area contributed by atoms with E-state index in [4.69, 9.17) is 9.47 Å². The van der Waals surface area contributed by atoms with Gasteiger partial charge in [-0.15, -0.1) is 0 Å². The van der Waals surface area contributed by atoms with Crippen LogP contribution in [-0.2, 0) is 9.59 Å². The van der Waals surface area contributed by atoms with Crippen molar-refractivity contribution in [3.8, 4) is 11.5 Å². The van der Waals surface area contributed by atoms with E-state index >= 15 is 0 Å². The molecule has 2 amide bonds. The second-order valence-corrected chi connectivity index (χ2v) is 7.35. The molecule has 1 saturated carbocycles. The van der Waals surface area contributed by atoms with Crippen LogP contribution in [0.5, 0.6) is 11.5 Å². The predicted octanol–water partition coefficient (Wildman–Crippen LogP) is -0.779. The molecule has 0 unspecified atom stereocenters. The monoisotopic (exact) mass is 360 g/mol. The molecule has 140 valence electrons. The lowest BCUT2D eigenvalue weighted by atomic mass is 10.2. The van der Waals surface area contributed by atoms with Gasteiger partial charge in [0.05, 0.1) is 26.2 Å². The molecule has 1 aromatic carbocycles. The number of piperazine rings is 1. The summed E-state index contributed by atoms with van der Waals surface area (Å²) >= 11 is 0. The number of rotatable bonds is 4. The molecule has 2 atom stereocenters. The van der Waals surface area contributed by atoms with Crippen molar-refractivity contribution in [3.05, 3.63) is 24.3 Å². The summed E-state index contributed by atoms with van der Waals surface area (Å²) in [6.45, 7) is 5.03. The number of nitrogens with zero attached hydrogens (tertiary/aromatic N) is 1. The number of hydrogen-bond acceptors (Lipinski definition) is 4. The van der Waals surface area contributed by atoms with Crippen LogP contribution in [0, 0.1) is 0 Å². The summed E-state index contributed by atoms with van der Waals surface area (Å²) in [6.07, 6.45) is 1.60. The number of benzene rings is 1. The topological polar surface area (TPSA) is 72.3 Å². The van der Waals surface area contributed by atoms with Crippen molar-refractivity contribution < 1.29 is 24.0 Å². The van der Waals surface area contributed by atoms with Crippen LogP contribution in [0.3, 0.4) is 0 Å². The van der Waals surface area contributed by atoms with Crippen molar-refractivity contribution in [3.63, 3.8) is 0 Å². The summed E-state index contributed by atoms with van der Waals surface area (Å²) in [5.74, 6) is 1.39. The van der Waals surface area contributed by atoms with Gasteiger partial charge in [-0.2, -0.15) is 0 Å². The van der Waals surface area contributed by atoms with Crippen molar-refractivity contribution in [2.45, 2.75) is 38.0 Å². The standard InChI is InChI=1S/C19H25N3O4/c1-13(18(23)20-14-6-7-14)21-8-10-22(11-9-21)19(24)17-12-25-15-4-2-3-5-16(15)26-17/h2-5,13-14,17H,6-12H2,1H3,(H,20,23)/p+1/t13-,17+/m1/s1. The van der Waals surface area contributed by atoms with Gasteiger partial charge in [-0.25, -0.2) is 0 Å². The number of carbonyl (C=O) groups is 2. The smallest absolute Gasteiger partial charge is 0.278 e. The van der Waals surface area contributed by atoms with E-state index < -0.39 is 6.10 Å². The van der Waals surface area contributed by atoms with Crippen LogP contribution in [0.25, 0.3) is 0 Å². The molecule has 2 heterocycles. The average Bonchev–Trinajstić information content (AvgIpc) is 3.50. The highest BCUT2D eigenvalue weighted by atomic mass is 16.6. The zero-order valence-corrected chi connectivity index (χ0v) is 15.1. The molecular formula is C19H26N3O4+. The fourth-order valence-electron chi connectivity index (χ4n) is 3.53. The van der Waals surface area contributed by atoms with Gasteiger partial charge in [-0.05, 0) is 31.9 Å². The Bertz CT molecular complexity index is 683. The lowest BCUT2D eigenvalue weighted by Crippen LogP contribution is -3.19. The molecule has 26 heavy (non-hydrogen) atoms. The van der Waals surface area contributed by atoms with Crippen LogP contribution >= 0.6 is 0 Å². The summed E-state index contributed by atoms with van der Waals surface area (Å²) in [5, 5.41) is 3.07. The van der Waals surface area contributed by atoms with E-state index in [0.717, 1.165) is 25.9 Å². The lowest BCUT2D eigenvalue weighted by Gasteiger charge is -2.37. The Morgan fingerprint density at radius 2 is 1.88 bits per heavy atom. The molecule has 7 heteroatoms. The van der Waals surface area contributed by atoms with Crippen molar-refractivity contribution in [2.24, 2.45) is 0 Å². The predicted molar refractivity (Wildman–Crippen MR) is 94.3 cm³/mol. The number of quaternary nitrogens is 1. The fraction of sp³-hybridized carbons (Fsp3) is 0.579. The van der Waals surface area contributed by atoms with E-state index in [1.54, 1.807) is 0 Å². The number of ether oxygens (including phenoxy) is 2. The number of fused-ring (bicyclic) bond motifs is 1. The molecule has 2 fully saturated rings. The maximum Gasteiger partial charge on any atom is 0.278 e. The van der Waals surface area contributed by atoms with E-state index in [2.05, 4.69) is 5.32 Å². The van der Waals surface area contributed by atoms with Crippen LogP contribution in [0.2, 0.25) is 0 Å². The second-order valence-electron chi connectivity index (χ2n) is 7.35. The number of hydrogen-bond donors (Lipinski definition) is 2. The summed E-state index contributed by atoms with van der Waals surface area (Å²) in [5.41, 5.74) is 0. The number of carbonyl (C=O) groups excluding carboxylic acids is 2. The first-order chi connectivity index (χ1) is 12.6. The molecule has 0 spiro atoms. The molecule has 0 aromatic heterocycles. The highest BCUT2D eigenvalue weighted by molar-refractivity contribution is 5.82. The zero-order valence-electron chi connectivity index (χ0n) is 15.1.